The number of pyridine rings is 1. The van der Waals surface area contributed by atoms with Gasteiger partial charge in [-0.15, -0.1) is 0 Å². The Hall–Kier alpha value is -2.56. The van der Waals surface area contributed by atoms with Crippen LogP contribution in [0.2, 0.25) is 0 Å². The number of aryl methyl sites for hydroxylation is 2. The molecule has 2 rings (SSSR count). The van der Waals surface area contributed by atoms with Gasteiger partial charge < -0.3 is 10.2 Å². The Morgan fingerprint density at radius 1 is 1.16 bits per heavy atom. The summed E-state index contributed by atoms with van der Waals surface area (Å²) >= 11 is 0. The lowest BCUT2D eigenvalue weighted by atomic mass is 10.1. The number of carboxylic acid groups (broad SMARTS) is 1. The topological polar surface area (TPSA) is 79.5 Å². The Balaban J connectivity index is 2.81. The van der Waals surface area contributed by atoms with Crippen LogP contribution in [-0.2, 0) is 0 Å². The zero-order valence-corrected chi connectivity index (χ0v) is 10.5. The lowest BCUT2D eigenvalue weighted by Gasteiger charge is -2.13. The fourth-order valence-corrected chi connectivity index (χ4v) is 2.02. The van der Waals surface area contributed by atoms with Crippen molar-refractivity contribution in [2.24, 2.45) is 0 Å². The maximum atomic E-state index is 11.9. The number of hydrogen-bond acceptors (Lipinski definition) is 3. The van der Waals surface area contributed by atoms with Gasteiger partial charge >= 0.3 is 5.97 Å². The molecular weight excluding hydrogens is 246 g/mol. The van der Waals surface area contributed by atoms with Gasteiger partial charge in [-0.05, 0) is 25.5 Å². The highest BCUT2D eigenvalue weighted by atomic mass is 16.4. The van der Waals surface area contributed by atoms with Crippen LogP contribution in [0.5, 0.6) is 5.75 Å². The minimum absolute atomic E-state index is 0.267. The van der Waals surface area contributed by atoms with E-state index in [1.54, 1.807) is 19.1 Å². The van der Waals surface area contributed by atoms with Gasteiger partial charge in [-0.3, -0.25) is 9.36 Å². The van der Waals surface area contributed by atoms with Crippen molar-refractivity contribution >= 4 is 5.97 Å². The van der Waals surface area contributed by atoms with Gasteiger partial charge in [-0.1, -0.05) is 17.7 Å². The smallest absolute Gasteiger partial charge is 0.353 e. The highest BCUT2D eigenvalue weighted by Gasteiger charge is 2.15. The lowest BCUT2D eigenvalue weighted by molar-refractivity contribution is 0.0686. The number of nitrogens with zero attached hydrogens (tertiary/aromatic N) is 1. The SMILES string of the molecule is Cc1ccc(-n2c(C(=O)O)cc(O)cc2=O)c(C)c1. The number of carboxylic acids is 1. The first-order chi connectivity index (χ1) is 8.90. The van der Waals surface area contributed by atoms with E-state index in [9.17, 15) is 14.7 Å². The van der Waals surface area contributed by atoms with Gasteiger partial charge in [0.2, 0.25) is 0 Å². The Labute approximate surface area is 109 Å². The molecule has 2 N–H and O–H groups in total. The molecular formula is C14H13NO4. The summed E-state index contributed by atoms with van der Waals surface area (Å²) in [5.41, 5.74) is 1.45. The molecule has 2 aromatic rings. The van der Waals surface area contributed by atoms with Crippen molar-refractivity contribution in [3.05, 3.63) is 57.5 Å². The zero-order chi connectivity index (χ0) is 14.2. The van der Waals surface area contributed by atoms with E-state index in [0.29, 0.717) is 5.69 Å². The molecule has 98 valence electrons. The van der Waals surface area contributed by atoms with E-state index in [1.165, 1.54) is 0 Å². The lowest BCUT2D eigenvalue weighted by Crippen LogP contribution is -2.24. The third-order valence-electron chi connectivity index (χ3n) is 2.83. The van der Waals surface area contributed by atoms with Crippen molar-refractivity contribution in [1.29, 1.82) is 0 Å². The van der Waals surface area contributed by atoms with Gasteiger partial charge in [0, 0.05) is 12.1 Å². The van der Waals surface area contributed by atoms with Crippen LogP contribution in [0.1, 0.15) is 21.6 Å². The third-order valence-corrected chi connectivity index (χ3v) is 2.83. The number of aromatic carboxylic acids is 1. The molecule has 1 heterocycles. The van der Waals surface area contributed by atoms with Crippen LogP contribution >= 0.6 is 0 Å². The van der Waals surface area contributed by atoms with E-state index in [2.05, 4.69) is 0 Å². The molecule has 0 amide bonds. The predicted molar refractivity (Wildman–Crippen MR) is 70.1 cm³/mol. The van der Waals surface area contributed by atoms with Gasteiger partial charge in [0.15, 0.2) is 0 Å². The van der Waals surface area contributed by atoms with E-state index in [-0.39, 0.29) is 11.4 Å². The maximum absolute atomic E-state index is 11.9. The Morgan fingerprint density at radius 2 is 1.84 bits per heavy atom. The number of aromatic nitrogens is 1. The normalized spacial score (nSPS) is 10.4. The van der Waals surface area contributed by atoms with Gasteiger partial charge in [-0.2, -0.15) is 0 Å². The summed E-state index contributed by atoms with van der Waals surface area (Å²) in [5, 5.41) is 18.5. The van der Waals surface area contributed by atoms with Crippen molar-refractivity contribution in [2.45, 2.75) is 13.8 Å². The molecule has 0 aliphatic carbocycles. The molecule has 1 aromatic heterocycles. The molecule has 5 heteroatoms. The average Bonchev–Trinajstić information content (AvgIpc) is 2.29. The van der Waals surface area contributed by atoms with Crippen molar-refractivity contribution in [2.75, 3.05) is 0 Å². The van der Waals surface area contributed by atoms with Gasteiger partial charge in [0.25, 0.3) is 5.56 Å². The van der Waals surface area contributed by atoms with E-state index in [1.807, 2.05) is 13.0 Å². The molecule has 0 radical (unpaired) electrons. The summed E-state index contributed by atoms with van der Waals surface area (Å²) < 4.78 is 1.08. The zero-order valence-electron chi connectivity index (χ0n) is 10.5. The van der Waals surface area contributed by atoms with E-state index in [4.69, 9.17) is 5.11 Å². The van der Waals surface area contributed by atoms with Gasteiger partial charge in [0.05, 0.1) is 5.69 Å². The Kier molecular flexibility index (Phi) is 3.12. The van der Waals surface area contributed by atoms with Crippen LogP contribution in [0.15, 0.2) is 35.1 Å². The highest BCUT2D eigenvalue weighted by molar-refractivity contribution is 5.87. The van der Waals surface area contributed by atoms with Crippen molar-refractivity contribution in [3.63, 3.8) is 0 Å². The molecule has 0 aliphatic heterocycles. The summed E-state index contributed by atoms with van der Waals surface area (Å²) in [6, 6.07) is 7.40. The van der Waals surface area contributed by atoms with Crippen LogP contribution in [0.25, 0.3) is 5.69 Å². The molecule has 5 nitrogen and oxygen atoms in total. The van der Waals surface area contributed by atoms with Crippen LogP contribution in [0, 0.1) is 13.8 Å². The molecule has 0 aliphatic rings. The first kappa shape index (κ1) is 12.9. The number of rotatable bonds is 2. The summed E-state index contributed by atoms with van der Waals surface area (Å²) in [6.45, 7) is 3.71. The van der Waals surface area contributed by atoms with E-state index in [0.717, 1.165) is 27.8 Å². The monoisotopic (exact) mass is 259 g/mol. The van der Waals surface area contributed by atoms with Crippen molar-refractivity contribution in [1.82, 2.24) is 4.57 Å². The Bertz CT molecular complexity index is 716. The summed E-state index contributed by atoms with van der Waals surface area (Å²) in [4.78, 5) is 23.1. The van der Waals surface area contributed by atoms with Gasteiger partial charge in [-0.25, -0.2) is 4.79 Å². The second-order valence-electron chi connectivity index (χ2n) is 4.37. The molecule has 1 aromatic carbocycles. The number of carbonyl (C=O) groups is 1. The molecule has 0 saturated heterocycles. The molecule has 0 bridgehead atoms. The minimum Gasteiger partial charge on any atom is -0.508 e. The highest BCUT2D eigenvalue weighted by Crippen LogP contribution is 2.18. The van der Waals surface area contributed by atoms with Crippen molar-refractivity contribution in [3.8, 4) is 11.4 Å². The minimum atomic E-state index is -1.27. The standard InChI is InChI=1S/C14H13NO4/c1-8-3-4-11(9(2)5-8)15-12(14(18)19)6-10(16)7-13(15)17/h3-7,16H,1-2H3,(H,18,19). The number of aromatic hydroxyl groups is 1. The molecule has 0 saturated carbocycles. The van der Waals surface area contributed by atoms with Crippen LogP contribution in [0.3, 0.4) is 0 Å². The molecule has 19 heavy (non-hydrogen) atoms. The van der Waals surface area contributed by atoms with Crippen LogP contribution in [0.4, 0.5) is 0 Å². The Morgan fingerprint density at radius 3 is 2.42 bits per heavy atom. The van der Waals surface area contributed by atoms with Crippen LogP contribution < -0.4 is 5.56 Å². The van der Waals surface area contributed by atoms with Crippen LogP contribution in [-0.4, -0.2) is 20.7 Å². The summed E-state index contributed by atoms with van der Waals surface area (Å²) in [6.07, 6.45) is 0. The first-order valence-electron chi connectivity index (χ1n) is 5.67. The summed E-state index contributed by atoms with van der Waals surface area (Å²) in [5.74, 6) is -1.63. The van der Waals surface area contributed by atoms with E-state index < -0.39 is 11.5 Å². The molecule has 0 fully saturated rings. The van der Waals surface area contributed by atoms with Crippen molar-refractivity contribution < 1.29 is 15.0 Å². The largest absolute Gasteiger partial charge is 0.508 e. The second-order valence-corrected chi connectivity index (χ2v) is 4.37. The number of benzene rings is 1. The third kappa shape index (κ3) is 2.35. The predicted octanol–water partition coefficient (Wildman–Crippen LogP) is 1.86. The maximum Gasteiger partial charge on any atom is 0.353 e. The first-order valence-corrected chi connectivity index (χ1v) is 5.67. The molecule has 0 atom stereocenters. The quantitative estimate of drug-likeness (QED) is 0.862. The fraction of sp³-hybridized carbons (Fsp3) is 0.143. The fourth-order valence-electron chi connectivity index (χ4n) is 2.02. The molecule has 0 unspecified atom stereocenters. The van der Waals surface area contributed by atoms with E-state index >= 15 is 0 Å². The second kappa shape index (κ2) is 4.61. The average molecular weight is 259 g/mol. The number of hydrogen-bond donors (Lipinski definition) is 2. The van der Waals surface area contributed by atoms with Gasteiger partial charge in [0.1, 0.15) is 11.4 Å². The summed E-state index contributed by atoms with van der Waals surface area (Å²) in [7, 11) is 0. The molecule has 0 spiro atoms.